The number of benzene rings is 1. The van der Waals surface area contributed by atoms with Crippen LogP contribution in [0.3, 0.4) is 0 Å². The molecule has 0 aliphatic carbocycles. The predicted molar refractivity (Wildman–Crippen MR) is 75.6 cm³/mol. The Kier molecular flexibility index (Phi) is 3.91. The van der Waals surface area contributed by atoms with E-state index in [1.807, 2.05) is 34.6 Å². The van der Waals surface area contributed by atoms with Gasteiger partial charge in [0, 0.05) is 17.6 Å². The van der Waals surface area contributed by atoms with Gasteiger partial charge in [-0.25, -0.2) is 8.78 Å². The molecule has 20 heavy (non-hydrogen) atoms. The van der Waals surface area contributed by atoms with E-state index in [4.69, 9.17) is 4.74 Å². The van der Waals surface area contributed by atoms with Gasteiger partial charge in [0.15, 0.2) is 0 Å². The molecule has 1 saturated heterocycles. The molecule has 1 aromatic rings. The van der Waals surface area contributed by atoms with Crippen LogP contribution in [0.4, 0.5) is 8.78 Å². The van der Waals surface area contributed by atoms with E-state index in [1.54, 1.807) is 0 Å². The standard InChI is InChI=1S/C16H23F2NO/c1-10(12-8-11(17)6-7-13(12)18)19-14-9-15(2,3)20-16(14,4)5/h6-8,10,14,19H,9H2,1-5H3. The number of nitrogens with one attached hydrogen (secondary N) is 1. The third-order valence-electron chi connectivity index (χ3n) is 3.95. The molecule has 0 amide bonds. The highest BCUT2D eigenvalue weighted by atomic mass is 19.1. The first-order chi connectivity index (χ1) is 9.11. The zero-order valence-corrected chi connectivity index (χ0v) is 12.8. The van der Waals surface area contributed by atoms with Gasteiger partial charge in [-0.05, 0) is 59.2 Å². The van der Waals surface area contributed by atoms with Crippen molar-refractivity contribution >= 4 is 0 Å². The lowest BCUT2D eigenvalue weighted by Gasteiger charge is -2.30. The number of rotatable bonds is 3. The van der Waals surface area contributed by atoms with Crippen LogP contribution < -0.4 is 5.32 Å². The van der Waals surface area contributed by atoms with Crippen molar-refractivity contribution in [1.82, 2.24) is 5.32 Å². The molecule has 2 unspecified atom stereocenters. The molecule has 2 rings (SSSR count). The molecule has 1 heterocycles. The van der Waals surface area contributed by atoms with Crippen molar-refractivity contribution in [1.29, 1.82) is 0 Å². The summed E-state index contributed by atoms with van der Waals surface area (Å²) in [6.07, 6.45) is 0.835. The highest BCUT2D eigenvalue weighted by Gasteiger charge is 2.46. The maximum atomic E-state index is 13.8. The van der Waals surface area contributed by atoms with Crippen LogP contribution in [0.2, 0.25) is 0 Å². The Morgan fingerprint density at radius 1 is 1.25 bits per heavy atom. The van der Waals surface area contributed by atoms with Crippen molar-refractivity contribution in [2.45, 2.75) is 64.3 Å². The summed E-state index contributed by atoms with van der Waals surface area (Å²) in [7, 11) is 0. The van der Waals surface area contributed by atoms with Gasteiger partial charge in [0.05, 0.1) is 11.2 Å². The Bertz CT molecular complexity index is 499. The van der Waals surface area contributed by atoms with Crippen LogP contribution in [0.1, 0.15) is 52.6 Å². The number of hydrogen-bond acceptors (Lipinski definition) is 2. The predicted octanol–water partition coefficient (Wildman–Crippen LogP) is 3.96. The molecule has 2 nitrogen and oxygen atoms in total. The maximum Gasteiger partial charge on any atom is 0.128 e. The summed E-state index contributed by atoms with van der Waals surface area (Å²) in [6, 6.07) is 3.38. The molecule has 1 aliphatic rings. The lowest BCUT2D eigenvalue weighted by Crippen LogP contribution is -2.44. The van der Waals surface area contributed by atoms with Crippen LogP contribution in [0.25, 0.3) is 0 Å². The molecule has 4 heteroatoms. The first kappa shape index (κ1) is 15.4. The quantitative estimate of drug-likeness (QED) is 0.906. The fraction of sp³-hybridized carbons (Fsp3) is 0.625. The summed E-state index contributed by atoms with van der Waals surface area (Å²) in [5.41, 5.74) is -0.186. The summed E-state index contributed by atoms with van der Waals surface area (Å²) in [5.74, 6) is -0.806. The molecular weight excluding hydrogens is 260 g/mol. The average molecular weight is 283 g/mol. The number of halogens is 2. The molecule has 112 valence electrons. The summed E-state index contributed by atoms with van der Waals surface area (Å²) in [5, 5.41) is 3.38. The Labute approximate surface area is 119 Å². The van der Waals surface area contributed by atoms with Crippen LogP contribution in [-0.4, -0.2) is 17.2 Å². The zero-order chi connectivity index (χ0) is 15.1. The Balaban J connectivity index is 2.16. The molecule has 0 saturated carbocycles. The molecule has 2 atom stereocenters. The van der Waals surface area contributed by atoms with Gasteiger partial charge in [-0.1, -0.05) is 0 Å². The van der Waals surface area contributed by atoms with E-state index in [1.165, 1.54) is 12.1 Å². The minimum Gasteiger partial charge on any atom is -0.368 e. The van der Waals surface area contributed by atoms with Gasteiger partial charge in [0.2, 0.25) is 0 Å². The molecule has 0 radical (unpaired) electrons. The second kappa shape index (κ2) is 5.08. The van der Waals surface area contributed by atoms with Gasteiger partial charge in [0.25, 0.3) is 0 Å². The Hall–Kier alpha value is -1.00. The lowest BCUT2D eigenvalue weighted by atomic mass is 9.93. The second-order valence-corrected chi connectivity index (χ2v) is 6.78. The van der Waals surface area contributed by atoms with Gasteiger partial charge in [-0.15, -0.1) is 0 Å². The van der Waals surface area contributed by atoms with Crippen molar-refractivity contribution in [2.24, 2.45) is 0 Å². The Morgan fingerprint density at radius 3 is 2.45 bits per heavy atom. The molecule has 1 aromatic carbocycles. The van der Waals surface area contributed by atoms with Gasteiger partial charge in [-0.2, -0.15) is 0 Å². The van der Waals surface area contributed by atoms with Crippen molar-refractivity contribution in [3.05, 3.63) is 35.4 Å². The van der Waals surface area contributed by atoms with Crippen LogP contribution in [0.15, 0.2) is 18.2 Å². The largest absolute Gasteiger partial charge is 0.368 e. The molecule has 0 aromatic heterocycles. The van der Waals surface area contributed by atoms with Crippen LogP contribution >= 0.6 is 0 Å². The van der Waals surface area contributed by atoms with Gasteiger partial charge in [-0.3, -0.25) is 0 Å². The smallest absolute Gasteiger partial charge is 0.128 e. The van der Waals surface area contributed by atoms with E-state index in [0.717, 1.165) is 12.5 Å². The third-order valence-corrected chi connectivity index (χ3v) is 3.95. The molecular formula is C16H23F2NO. The van der Waals surface area contributed by atoms with E-state index in [-0.39, 0.29) is 29.1 Å². The maximum absolute atomic E-state index is 13.8. The van der Waals surface area contributed by atoms with Crippen LogP contribution in [0.5, 0.6) is 0 Å². The summed E-state index contributed by atoms with van der Waals surface area (Å²) in [4.78, 5) is 0. The van der Waals surface area contributed by atoms with E-state index in [9.17, 15) is 8.78 Å². The first-order valence-corrected chi connectivity index (χ1v) is 7.02. The number of hydrogen-bond donors (Lipinski definition) is 1. The minimum atomic E-state index is -0.419. The van der Waals surface area contributed by atoms with Crippen molar-refractivity contribution in [2.75, 3.05) is 0 Å². The lowest BCUT2D eigenvalue weighted by molar-refractivity contribution is -0.0704. The topological polar surface area (TPSA) is 21.3 Å². The number of ether oxygens (including phenoxy) is 1. The van der Waals surface area contributed by atoms with Crippen LogP contribution in [0, 0.1) is 11.6 Å². The van der Waals surface area contributed by atoms with Crippen LogP contribution in [-0.2, 0) is 4.74 Å². The Morgan fingerprint density at radius 2 is 1.90 bits per heavy atom. The van der Waals surface area contributed by atoms with Crippen molar-refractivity contribution < 1.29 is 13.5 Å². The summed E-state index contributed by atoms with van der Waals surface area (Å²) >= 11 is 0. The van der Waals surface area contributed by atoms with Crippen molar-refractivity contribution in [3.63, 3.8) is 0 Å². The van der Waals surface area contributed by atoms with E-state index in [0.29, 0.717) is 5.56 Å². The van der Waals surface area contributed by atoms with Gasteiger partial charge in [0.1, 0.15) is 11.6 Å². The third kappa shape index (κ3) is 3.18. The minimum absolute atomic E-state index is 0.0927. The molecule has 1 N–H and O–H groups in total. The average Bonchev–Trinajstić information content (AvgIpc) is 2.50. The monoisotopic (exact) mass is 283 g/mol. The highest BCUT2D eigenvalue weighted by molar-refractivity contribution is 5.22. The fourth-order valence-electron chi connectivity index (χ4n) is 3.06. The van der Waals surface area contributed by atoms with Gasteiger partial charge < -0.3 is 10.1 Å². The van der Waals surface area contributed by atoms with E-state index in [2.05, 4.69) is 5.32 Å². The molecule has 1 fully saturated rings. The van der Waals surface area contributed by atoms with Crippen molar-refractivity contribution in [3.8, 4) is 0 Å². The summed E-state index contributed by atoms with van der Waals surface area (Å²) in [6.45, 7) is 9.98. The zero-order valence-electron chi connectivity index (χ0n) is 12.8. The second-order valence-electron chi connectivity index (χ2n) is 6.78. The first-order valence-electron chi connectivity index (χ1n) is 7.02. The van der Waals surface area contributed by atoms with E-state index >= 15 is 0 Å². The van der Waals surface area contributed by atoms with E-state index < -0.39 is 5.82 Å². The normalized spacial score (nSPS) is 25.6. The molecule has 1 aliphatic heterocycles. The van der Waals surface area contributed by atoms with Gasteiger partial charge >= 0.3 is 0 Å². The SMILES string of the molecule is CC(NC1CC(C)(C)OC1(C)C)c1cc(F)ccc1F. The fourth-order valence-corrected chi connectivity index (χ4v) is 3.06. The highest BCUT2D eigenvalue weighted by Crippen LogP contribution is 2.38. The summed E-state index contributed by atoms with van der Waals surface area (Å²) < 4.78 is 33.1. The molecule has 0 bridgehead atoms. The molecule has 0 spiro atoms.